The van der Waals surface area contributed by atoms with E-state index in [9.17, 15) is 9.59 Å². The van der Waals surface area contributed by atoms with E-state index in [1.165, 1.54) is 16.2 Å². The summed E-state index contributed by atoms with van der Waals surface area (Å²) in [5.74, 6) is 0.222. The van der Waals surface area contributed by atoms with Crippen molar-refractivity contribution in [1.82, 2.24) is 14.3 Å². The number of aromatic nitrogens is 2. The maximum atomic E-state index is 13.3. The predicted octanol–water partition coefficient (Wildman–Crippen LogP) is 4.50. The molecule has 0 saturated carbocycles. The Morgan fingerprint density at radius 2 is 1.94 bits per heavy atom. The minimum atomic E-state index is -0.251. The van der Waals surface area contributed by atoms with Crippen LogP contribution < -0.4 is 10.9 Å². The number of ether oxygens (including phenoxy) is 1. The number of thioether (sulfide) groups is 1. The van der Waals surface area contributed by atoms with Gasteiger partial charge in [-0.1, -0.05) is 60.4 Å². The molecule has 1 amide bonds. The summed E-state index contributed by atoms with van der Waals surface area (Å²) in [6, 6.07) is 14.9. The number of nitrogens with one attached hydrogen (secondary N) is 1. The van der Waals surface area contributed by atoms with E-state index >= 15 is 0 Å². The van der Waals surface area contributed by atoms with Crippen molar-refractivity contribution in [1.29, 1.82) is 0 Å². The van der Waals surface area contributed by atoms with Crippen LogP contribution in [-0.2, 0) is 9.53 Å². The molecule has 1 atom stereocenters. The van der Waals surface area contributed by atoms with E-state index in [0.29, 0.717) is 46.0 Å². The molecule has 34 heavy (non-hydrogen) atoms. The first kappa shape index (κ1) is 24.1. The van der Waals surface area contributed by atoms with Gasteiger partial charge in [-0.05, 0) is 44.0 Å². The summed E-state index contributed by atoms with van der Waals surface area (Å²) >= 11 is 6.74. The monoisotopic (exact) mass is 494 g/mol. The summed E-state index contributed by atoms with van der Waals surface area (Å²) in [4.78, 5) is 33.3. The van der Waals surface area contributed by atoms with Crippen LogP contribution >= 0.6 is 24.0 Å². The van der Waals surface area contributed by atoms with Crippen molar-refractivity contribution < 1.29 is 9.53 Å². The lowest BCUT2D eigenvalue weighted by atomic mass is 10.1. The molecule has 1 aliphatic heterocycles. The Bertz CT molecular complexity index is 1290. The quantitative estimate of drug-likeness (QED) is 0.267. The van der Waals surface area contributed by atoms with Gasteiger partial charge in [-0.2, -0.15) is 0 Å². The molecule has 3 aromatic rings. The number of benzene rings is 1. The molecule has 9 heteroatoms. The Hall–Kier alpha value is -3.01. The fraction of sp³-hybridized carbons (Fsp3) is 0.280. The molecular weight excluding hydrogens is 468 g/mol. The van der Waals surface area contributed by atoms with Crippen LogP contribution in [0.15, 0.2) is 64.4 Å². The van der Waals surface area contributed by atoms with E-state index in [2.05, 4.69) is 10.3 Å². The average molecular weight is 495 g/mol. The Balaban J connectivity index is 1.68. The number of amides is 1. The molecule has 0 unspecified atom stereocenters. The van der Waals surface area contributed by atoms with Crippen molar-refractivity contribution in [2.24, 2.45) is 0 Å². The normalized spacial score (nSPS) is 15.9. The number of carbonyl (C=O) groups excluding carboxylic acids is 1. The van der Waals surface area contributed by atoms with Gasteiger partial charge in [-0.3, -0.25) is 18.9 Å². The zero-order chi connectivity index (χ0) is 24.1. The van der Waals surface area contributed by atoms with E-state index in [1.54, 1.807) is 29.3 Å². The van der Waals surface area contributed by atoms with Gasteiger partial charge >= 0.3 is 0 Å². The van der Waals surface area contributed by atoms with Crippen LogP contribution in [0, 0.1) is 0 Å². The van der Waals surface area contributed by atoms with Gasteiger partial charge in [0.2, 0.25) is 0 Å². The van der Waals surface area contributed by atoms with Crippen LogP contribution in [0.2, 0.25) is 0 Å². The molecule has 7 nitrogen and oxygen atoms in total. The molecule has 0 aliphatic carbocycles. The van der Waals surface area contributed by atoms with Crippen molar-refractivity contribution in [3.8, 4) is 0 Å². The first-order valence-corrected chi connectivity index (χ1v) is 12.4. The van der Waals surface area contributed by atoms with Crippen molar-refractivity contribution in [3.05, 3.63) is 81.1 Å². The standard InChI is InChI=1S/C25H26N4O3S2/c1-3-32-15-9-13-26-22-19(23(30)28-14-8-7-12-21(28)27-22)16-20-24(31)29(25(33)34-20)17(2)18-10-5-4-6-11-18/h4-8,10-12,14,16-17,26H,3,9,13,15H2,1-2H3/b20-16-/t17-/m0/s1. The summed E-state index contributed by atoms with van der Waals surface area (Å²) in [7, 11) is 0. The highest BCUT2D eigenvalue weighted by molar-refractivity contribution is 8.26. The third-order valence-corrected chi connectivity index (χ3v) is 6.83. The molecule has 3 heterocycles. The van der Waals surface area contributed by atoms with E-state index < -0.39 is 0 Å². The zero-order valence-corrected chi connectivity index (χ0v) is 20.7. The van der Waals surface area contributed by atoms with Gasteiger partial charge in [0, 0.05) is 26.0 Å². The number of rotatable bonds is 9. The molecule has 176 valence electrons. The maximum Gasteiger partial charge on any atom is 0.267 e. The average Bonchev–Trinajstić information content (AvgIpc) is 3.13. The highest BCUT2D eigenvalue weighted by atomic mass is 32.2. The van der Waals surface area contributed by atoms with Crippen molar-refractivity contribution in [2.45, 2.75) is 26.3 Å². The van der Waals surface area contributed by atoms with Gasteiger partial charge in [0.05, 0.1) is 16.5 Å². The van der Waals surface area contributed by atoms with Crippen LogP contribution in [0.1, 0.15) is 37.4 Å². The molecule has 0 spiro atoms. The topological polar surface area (TPSA) is 75.9 Å². The number of hydrogen-bond acceptors (Lipinski definition) is 7. The largest absolute Gasteiger partial charge is 0.382 e. The van der Waals surface area contributed by atoms with Gasteiger partial charge in [-0.25, -0.2) is 4.98 Å². The van der Waals surface area contributed by atoms with Crippen LogP contribution in [0.4, 0.5) is 5.82 Å². The Labute approximate surface area is 207 Å². The summed E-state index contributed by atoms with van der Waals surface area (Å²) in [5.41, 5.74) is 1.60. The van der Waals surface area contributed by atoms with E-state index in [4.69, 9.17) is 17.0 Å². The Morgan fingerprint density at radius 1 is 1.18 bits per heavy atom. The summed E-state index contributed by atoms with van der Waals surface area (Å²) in [6.45, 7) is 5.75. The molecule has 2 aromatic heterocycles. The molecule has 0 bridgehead atoms. The van der Waals surface area contributed by atoms with E-state index in [1.807, 2.05) is 50.2 Å². The summed E-state index contributed by atoms with van der Waals surface area (Å²) in [5, 5.41) is 3.25. The number of thiocarbonyl (C=S) groups is 1. The molecule has 1 fully saturated rings. The SMILES string of the molecule is CCOCCCNc1nc2ccccn2c(=O)c1/C=C1\SC(=S)N([C@@H](C)c2ccccc2)C1=O. The molecule has 1 aromatic carbocycles. The van der Waals surface area contributed by atoms with Crippen molar-refractivity contribution >= 4 is 51.7 Å². The molecule has 0 radical (unpaired) electrons. The molecule has 4 rings (SSSR count). The first-order chi connectivity index (χ1) is 16.5. The van der Waals surface area contributed by atoms with Crippen molar-refractivity contribution in [3.63, 3.8) is 0 Å². The zero-order valence-electron chi connectivity index (χ0n) is 19.1. The number of anilines is 1. The Morgan fingerprint density at radius 3 is 2.71 bits per heavy atom. The van der Waals surface area contributed by atoms with Crippen LogP contribution in [-0.4, -0.2) is 44.3 Å². The maximum absolute atomic E-state index is 13.3. The molecule has 1 N–H and O–H groups in total. The second kappa shape index (κ2) is 10.9. The number of nitrogens with zero attached hydrogens (tertiary/aromatic N) is 3. The second-order valence-electron chi connectivity index (χ2n) is 7.72. The van der Waals surface area contributed by atoms with E-state index in [0.717, 1.165) is 12.0 Å². The third-order valence-electron chi connectivity index (χ3n) is 5.50. The number of carbonyl (C=O) groups is 1. The lowest BCUT2D eigenvalue weighted by molar-refractivity contribution is -0.123. The number of pyridine rings is 1. The minimum Gasteiger partial charge on any atom is -0.382 e. The van der Waals surface area contributed by atoms with E-state index in [-0.39, 0.29) is 17.5 Å². The first-order valence-electron chi connectivity index (χ1n) is 11.2. The van der Waals surface area contributed by atoms with Gasteiger partial charge in [-0.15, -0.1) is 0 Å². The Kier molecular flexibility index (Phi) is 7.77. The number of hydrogen-bond donors (Lipinski definition) is 1. The smallest absolute Gasteiger partial charge is 0.267 e. The fourth-order valence-electron chi connectivity index (χ4n) is 3.72. The van der Waals surface area contributed by atoms with Gasteiger partial charge in [0.1, 0.15) is 15.8 Å². The van der Waals surface area contributed by atoms with Gasteiger partial charge < -0.3 is 10.1 Å². The van der Waals surface area contributed by atoms with Crippen LogP contribution in [0.5, 0.6) is 0 Å². The van der Waals surface area contributed by atoms with Gasteiger partial charge in [0.15, 0.2) is 0 Å². The number of fused-ring (bicyclic) bond motifs is 1. The fourth-order valence-corrected chi connectivity index (χ4v) is 5.12. The highest BCUT2D eigenvalue weighted by Gasteiger charge is 2.36. The second-order valence-corrected chi connectivity index (χ2v) is 9.40. The highest BCUT2D eigenvalue weighted by Crippen LogP contribution is 2.38. The van der Waals surface area contributed by atoms with Crippen molar-refractivity contribution in [2.75, 3.05) is 25.1 Å². The molecule has 1 saturated heterocycles. The van der Waals surface area contributed by atoms with Crippen LogP contribution in [0.3, 0.4) is 0 Å². The summed E-state index contributed by atoms with van der Waals surface area (Å²) < 4.78 is 7.34. The van der Waals surface area contributed by atoms with Gasteiger partial charge in [0.25, 0.3) is 11.5 Å². The third kappa shape index (κ3) is 5.06. The lowest BCUT2D eigenvalue weighted by Crippen LogP contribution is -2.31. The predicted molar refractivity (Wildman–Crippen MR) is 141 cm³/mol. The lowest BCUT2D eigenvalue weighted by Gasteiger charge is -2.23. The molecular formula is C25H26N4O3S2. The summed E-state index contributed by atoms with van der Waals surface area (Å²) in [6.07, 6.45) is 4.04. The molecule has 1 aliphatic rings. The van der Waals surface area contributed by atoms with Crippen LogP contribution in [0.25, 0.3) is 11.7 Å². The minimum absolute atomic E-state index is 0.216.